The molecule has 0 saturated carbocycles. The normalized spacial score (nSPS) is 10.1. The highest BCUT2D eigenvalue weighted by atomic mass is 16.6. The van der Waals surface area contributed by atoms with E-state index in [2.05, 4.69) is 10.3 Å². The number of nitrogens with one attached hydrogen (secondary N) is 1. The Morgan fingerprint density at radius 1 is 1.39 bits per heavy atom. The zero-order valence-corrected chi connectivity index (χ0v) is 10.5. The highest BCUT2D eigenvalue weighted by Crippen LogP contribution is 2.25. The van der Waals surface area contributed by atoms with Gasteiger partial charge < -0.3 is 14.8 Å². The van der Waals surface area contributed by atoms with Crippen molar-refractivity contribution < 1.29 is 14.4 Å². The molecule has 0 atom stereocenters. The lowest BCUT2D eigenvalue weighted by atomic mass is 10.4. The quantitative estimate of drug-likeness (QED) is 0.433. The SMILES string of the molecule is CCCOCCOc1nc(NC)ccc1[N+](=O)[O-]. The molecule has 0 spiro atoms. The zero-order chi connectivity index (χ0) is 13.4. The van der Waals surface area contributed by atoms with Gasteiger partial charge in [-0.25, -0.2) is 0 Å². The first-order valence-corrected chi connectivity index (χ1v) is 5.72. The van der Waals surface area contributed by atoms with Gasteiger partial charge in [0.1, 0.15) is 12.4 Å². The van der Waals surface area contributed by atoms with E-state index >= 15 is 0 Å². The average Bonchev–Trinajstić information content (AvgIpc) is 2.38. The molecule has 0 unspecified atom stereocenters. The largest absolute Gasteiger partial charge is 0.470 e. The molecular weight excluding hydrogens is 238 g/mol. The molecule has 0 aromatic carbocycles. The Morgan fingerprint density at radius 2 is 2.17 bits per heavy atom. The van der Waals surface area contributed by atoms with Crippen LogP contribution in [0.25, 0.3) is 0 Å². The zero-order valence-electron chi connectivity index (χ0n) is 10.5. The topological polar surface area (TPSA) is 86.5 Å². The van der Waals surface area contributed by atoms with E-state index < -0.39 is 4.92 Å². The molecule has 1 rings (SSSR count). The van der Waals surface area contributed by atoms with Crippen molar-refractivity contribution in [2.45, 2.75) is 13.3 Å². The second kappa shape index (κ2) is 7.44. The summed E-state index contributed by atoms with van der Waals surface area (Å²) >= 11 is 0. The number of anilines is 1. The second-order valence-corrected chi connectivity index (χ2v) is 3.49. The summed E-state index contributed by atoms with van der Waals surface area (Å²) in [6, 6.07) is 2.89. The number of hydrogen-bond donors (Lipinski definition) is 1. The van der Waals surface area contributed by atoms with E-state index in [4.69, 9.17) is 9.47 Å². The summed E-state index contributed by atoms with van der Waals surface area (Å²) in [7, 11) is 1.68. The van der Waals surface area contributed by atoms with Gasteiger partial charge in [-0.05, 0) is 12.5 Å². The van der Waals surface area contributed by atoms with Crippen molar-refractivity contribution >= 4 is 11.5 Å². The van der Waals surface area contributed by atoms with Crippen LogP contribution in [-0.4, -0.2) is 36.8 Å². The third-order valence-electron chi connectivity index (χ3n) is 2.11. The molecule has 0 aliphatic carbocycles. The summed E-state index contributed by atoms with van der Waals surface area (Å²) in [5, 5.41) is 13.6. The van der Waals surface area contributed by atoms with Gasteiger partial charge >= 0.3 is 5.69 Å². The van der Waals surface area contributed by atoms with E-state index in [1.807, 2.05) is 6.92 Å². The molecule has 1 aromatic rings. The second-order valence-electron chi connectivity index (χ2n) is 3.49. The number of nitro groups is 1. The molecule has 0 radical (unpaired) electrons. The van der Waals surface area contributed by atoms with Crippen LogP contribution >= 0.6 is 0 Å². The smallest absolute Gasteiger partial charge is 0.331 e. The van der Waals surface area contributed by atoms with Crippen LogP contribution in [0.3, 0.4) is 0 Å². The van der Waals surface area contributed by atoms with E-state index in [-0.39, 0.29) is 18.2 Å². The first-order chi connectivity index (χ1) is 8.69. The number of ether oxygens (including phenoxy) is 2. The predicted molar refractivity (Wildman–Crippen MR) is 67.0 cm³/mol. The average molecular weight is 255 g/mol. The Balaban J connectivity index is 2.63. The number of hydrogen-bond acceptors (Lipinski definition) is 6. The Labute approximate surface area is 105 Å². The molecule has 100 valence electrons. The summed E-state index contributed by atoms with van der Waals surface area (Å²) < 4.78 is 10.5. The molecule has 1 aromatic heterocycles. The van der Waals surface area contributed by atoms with E-state index in [1.165, 1.54) is 12.1 Å². The molecule has 0 fully saturated rings. The maximum absolute atomic E-state index is 10.8. The molecular formula is C11H17N3O4. The van der Waals surface area contributed by atoms with Crippen LogP contribution in [0, 0.1) is 10.1 Å². The maximum Gasteiger partial charge on any atom is 0.331 e. The van der Waals surface area contributed by atoms with Gasteiger partial charge in [0.15, 0.2) is 0 Å². The van der Waals surface area contributed by atoms with Gasteiger partial charge in [-0.2, -0.15) is 4.98 Å². The highest BCUT2D eigenvalue weighted by Gasteiger charge is 2.17. The maximum atomic E-state index is 10.8. The first kappa shape index (κ1) is 14.2. The molecule has 0 amide bonds. The lowest BCUT2D eigenvalue weighted by Crippen LogP contribution is -2.09. The Hall–Kier alpha value is -1.89. The van der Waals surface area contributed by atoms with Crippen molar-refractivity contribution in [2.75, 3.05) is 32.2 Å². The van der Waals surface area contributed by atoms with E-state index in [1.54, 1.807) is 7.05 Å². The summed E-state index contributed by atoms with van der Waals surface area (Å²) in [5.41, 5.74) is -0.149. The summed E-state index contributed by atoms with van der Waals surface area (Å²) in [5.74, 6) is 0.525. The van der Waals surface area contributed by atoms with Gasteiger partial charge in [-0.3, -0.25) is 10.1 Å². The van der Waals surface area contributed by atoms with E-state index in [9.17, 15) is 10.1 Å². The van der Waals surface area contributed by atoms with Crippen molar-refractivity contribution in [3.63, 3.8) is 0 Å². The highest BCUT2D eigenvalue weighted by molar-refractivity contribution is 5.48. The fourth-order valence-electron chi connectivity index (χ4n) is 1.26. The fraction of sp³-hybridized carbons (Fsp3) is 0.545. The fourth-order valence-corrected chi connectivity index (χ4v) is 1.26. The van der Waals surface area contributed by atoms with E-state index in [0.717, 1.165) is 6.42 Å². The summed E-state index contributed by atoms with van der Waals surface area (Å²) in [6.45, 7) is 3.27. The molecule has 0 aliphatic rings. The number of nitrogens with zero attached hydrogens (tertiary/aromatic N) is 2. The van der Waals surface area contributed by atoms with Crippen LogP contribution < -0.4 is 10.1 Å². The summed E-state index contributed by atoms with van der Waals surface area (Å²) in [6.07, 6.45) is 0.924. The van der Waals surface area contributed by atoms with Crippen molar-refractivity contribution in [1.82, 2.24) is 4.98 Å². The van der Waals surface area contributed by atoms with Gasteiger partial charge in [0.05, 0.1) is 11.5 Å². The van der Waals surface area contributed by atoms with Crippen LogP contribution in [0.4, 0.5) is 11.5 Å². The van der Waals surface area contributed by atoms with Gasteiger partial charge in [-0.1, -0.05) is 6.92 Å². The standard InChI is InChI=1S/C11H17N3O4/c1-3-6-17-7-8-18-11-9(14(15)16)4-5-10(12-2)13-11/h4-5H,3,6-8H2,1-2H3,(H,12,13). The molecule has 1 heterocycles. The summed E-state index contributed by atoms with van der Waals surface area (Å²) in [4.78, 5) is 14.3. The number of pyridine rings is 1. The minimum absolute atomic E-state index is 0.00643. The first-order valence-electron chi connectivity index (χ1n) is 5.72. The lowest BCUT2D eigenvalue weighted by molar-refractivity contribution is -0.386. The van der Waals surface area contributed by atoms with Gasteiger partial charge in [0.25, 0.3) is 5.88 Å². The number of rotatable bonds is 8. The Morgan fingerprint density at radius 3 is 2.78 bits per heavy atom. The monoisotopic (exact) mass is 255 g/mol. The number of aromatic nitrogens is 1. The molecule has 7 nitrogen and oxygen atoms in total. The predicted octanol–water partition coefficient (Wildman–Crippen LogP) is 1.84. The molecule has 0 saturated heterocycles. The van der Waals surface area contributed by atoms with E-state index in [0.29, 0.717) is 19.0 Å². The van der Waals surface area contributed by atoms with Crippen molar-refractivity contribution in [2.24, 2.45) is 0 Å². The van der Waals surface area contributed by atoms with Gasteiger partial charge in [-0.15, -0.1) is 0 Å². The molecule has 7 heteroatoms. The molecule has 0 bridgehead atoms. The molecule has 0 aliphatic heterocycles. The molecule has 18 heavy (non-hydrogen) atoms. The van der Waals surface area contributed by atoms with Crippen LogP contribution in [-0.2, 0) is 4.74 Å². The van der Waals surface area contributed by atoms with Gasteiger partial charge in [0, 0.05) is 19.7 Å². The molecule has 1 N–H and O–H groups in total. The van der Waals surface area contributed by atoms with Crippen molar-refractivity contribution in [1.29, 1.82) is 0 Å². The third kappa shape index (κ3) is 4.17. The van der Waals surface area contributed by atoms with Crippen LogP contribution in [0.5, 0.6) is 5.88 Å². The third-order valence-corrected chi connectivity index (χ3v) is 2.11. The Bertz CT molecular complexity index is 398. The van der Waals surface area contributed by atoms with Crippen molar-refractivity contribution in [3.05, 3.63) is 22.2 Å². The van der Waals surface area contributed by atoms with Crippen LogP contribution in [0.15, 0.2) is 12.1 Å². The minimum atomic E-state index is -0.519. The van der Waals surface area contributed by atoms with Crippen molar-refractivity contribution in [3.8, 4) is 5.88 Å². The minimum Gasteiger partial charge on any atom is -0.470 e. The van der Waals surface area contributed by atoms with Crippen LogP contribution in [0.2, 0.25) is 0 Å². The van der Waals surface area contributed by atoms with Crippen LogP contribution in [0.1, 0.15) is 13.3 Å². The lowest BCUT2D eigenvalue weighted by Gasteiger charge is -2.07. The van der Waals surface area contributed by atoms with Gasteiger partial charge in [0.2, 0.25) is 0 Å². The Kier molecular flexibility index (Phi) is 5.86.